The second-order valence-corrected chi connectivity index (χ2v) is 6.05. The summed E-state index contributed by atoms with van der Waals surface area (Å²) in [7, 11) is 0. The third-order valence-electron chi connectivity index (χ3n) is 4.89. The fraction of sp³-hybridized carbons (Fsp3) is 0.786. The van der Waals surface area contributed by atoms with E-state index in [9.17, 15) is 0 Å². The van der Waals surface area contributed by atoms with Crippen molar-refractivity contribution in [1.82, 2.24) is 0 Å². The van der Waals surface area contributed by atoms with Gasteiger partial charge in [0, 0.05) is 6.08 Å². The van der Waals surface area contributed by atoms with Gasteiger partial charge in [-0.2, -0.15) is 5.26 Å². The Kier molecular flexibility index (Phi) is 2.41. The van der Waals surface area contributed by atoms with Gasteiger partial charge in [-0.1, -0.05) is 26.3 Å². The highest BCUT2D eigenvalue weighted by atomic mass is 14.7. The van der Waals surface area contributed by atoms with Gasteiger partial charge in [0.1, 0.15) is 0 Å². The Hall–Kier alpha value is -0.770. The first-order chi connectivity index (χ1) is 7.00. The molecule has 2 aliphatic carbocycles. The molecular weight excluding hydrogens is 182 g/mol. The summed E-state index contributed by atoms with van der Waals surface area (Å²) in [5.41, 5.74) is 1.84. The van der Waals surface area contributed by atoms with Crippen molar-refractivity contribution in [3.8, 4) is 6.07 Å². The van der Waals surface area contributed by atoms with Crippen LogP contribution in [0.15, 0.2) is 11.6 Å². The van der Waals surface area contributed by atoms with E-state index in [-0.39, 0.29) is 0 Å². The van der Waals surface area contributed by atoms with Crippen LogP contribution in [0, 0.1) is 40.4 Å². The highest BCUT2D eigenvalue weighted by molar-refractivity contribution is 5.23. The highest BCUT2D eigenvalue weighted by Gasteiger charge is 2.62. The molecule has 0 heterocycles. The van der Waals surface area contributed by atoms with Gasteiger partial charge in [-0.15, -0.1) is 0 Å². The minimum atomic E-state index is 0.528. The predicted molar refractivity (Wildman–Crippen MR) is 62.0 cm³/mol. The molecule has 4 atom stereocenters. The quantitative estimate of drug-likeness (QED) is 0.595. The lowest BCUT2D eigenvalue weighted by Gasteiger charge is -2.29. The summed E-state index contributed by atoms with van der Waals surface area (Å²) >= 11 is 0. The molecule has 82 valence electrons. The number of hydrogen-bond donors (Lipinski definition) is 0. The molecule has 0 N–H and O–H groups in total. The lowest BCUT2D eigenvalue weighted by molar-refractivity contribution is 0.271. The maximum Gasteiger partial charge on any atom is 0.0911 e. The van der Waals surface area contributed by atoms with Crippen LogP contribution in [0.4, 0.5) is 0 Å². The standard InChI is InChI=1S/C14H21N/c1-9-5-6-11-13(14(11,3)4)12(9)10(2)7-8-15/h7,9,11-13H,5-6H2,1-4H3. The van der Waals surface area contributed by atoms with Crippen LogP contribution in [0.5, 0.6) is 0 Å². The minimum absolute atomic E-state index is 0.528. The van der Waals surface area contributed by atoms with Crippen LogP contribution in [0.25, 0.3) is 0 Å². The van der Waals surface area contributed by atoms with E-state index in [1.54, 1.807) is 6.08 Å². The minimum Gasteiger partial charge on any atom is -0.193 e. The van der Waals surface area contributed by atoms with Gasteiger partial charge in [-0.3, -0.25) is 0 Å². The molecular formula is C14H21N. The number of fused-ring (bicyclic) bond motifs is 1. The molecule has 0 bridgehead atoms. The van der Waals surface area contributed by atoms with Crippen molar-refractivity contribution in [3.63, 3.8) is 0 Å². The smallest absolute Gasteiger partial charge is 0.0911 e. The molecule has 2 saturated carbocycles. The number of rotatable bonds is 1. The van der Waals surface area contributed by atoms with Gasteiger partial charge in [0.2, 0.25) is 0 Å². The third-order valence-corrected chi connectivity index (χ3v) is 4.89. The van der Waals surface area contributed by atoms with Gasteiger partial charge >= 0.3 is 0 Å². The SMILES string of the molecule is CC(=CC#N)C1C(C)CCC2C1C2(C)C. The van der Waals surface area contributed by atoms with Gasteiger partial charge in [-0.05, 0) is 48.9 Å². The van der Waals surface area contributed by atoms with Crippen LogP contribution < -0.4 is 0 Å². The molecule has 0 spiro atoms. The monoisotopic (exact) mass is 203 g/mol. The third kappa shape index (κ3) is 1.51. The molecule has 0 aromatic heterocycles. The first-order valence-corrected chi connectivity index (χ1v) is 6.06. The van der Waals surface area contributed by atoms with Crippen molar-refractivity contribution < 1.29 is 0 Å². The largest absolute Gasteiger partial charge is 0.193 e. The van der Waals surface area contributed by atoms with Crippen molar-refractivity contribution in [1.29, 1.82) is 5.26 Å². The van der Waals surface area contributed by atoms with Crippen LogP contribution in [0.1, 0.15) is 40.5 Å². The summed E-state index contributed by atoms with van der Waals surface area (Å²) < 4.78 is 0. The average Bonchev–Trinajstić information content (AvgIpc) is 2.69. The zero-order valence-corrected chi connectivity index (χ0v) is 10.2. The Bertz CT molecular complexity index is 332. The molecule has 0 radical (unpaired) electrons. The van der Waals surface area contributed by atoms with E-state index in [0.717, 1.165) is 17.8 Å². The van der Waals surface area contributed by atoms with E-state index in [1.165, 1.54) is 18.4 Å². The van der Waals surface area contributed by atoms with Gasteiger partial charge < -0.3 is 0 Å². The Morgan fingerprint density at radius 3 is 2.67 bits per heavy atom. The molecule has 2 rings (SSSR count). The molecule has 15 heavy (non-hydrogen) atoms. The van der Waals surface area contributed by atoms with Crippen molar-refractivity contribution in [2.45, 2.75) is 40.5 Å². The second kappa shape index (κ2) is 3.37. The molecule has 0 saturated heterocycles. The lowest BCUT2D eigenvalue weighted by Crippen LogP contribution is -2.21. The number of nitriles is 1. The van der Waals surface area contributed by atoms with E-state index in [2.05, 4.69) is 33.8 Å². The summed E-state index contributed by atoms with van der Waals surface area (Å²) in [5.74, 6) is 3.18. The summed E-state index contributed by atoms with van der Waals surface area (Å²) in [4.78, 5) is 0. The summed E-state index contributed by atoms with van der Waals surface area (Å²) in [6.07, 6.45) is 4.50. The molecule has 1 nitrogen and oxygen atoms in total. The normalized spacial score (nSPS) is 43.0. The van der Waals surface area contributed by atoms with Crippen molar-refractivity contribution in [3.05, 3.63) is 11.6 Å². The molecule has 1 heteroatoms. The van der Waals surface area contributed by atoms with Crippen molar-refractivity contribution in [2.24, 2.45) is 29.1 Å². The van der Waals surface area contributed by atoms with E-state index >= 15 is 0 Å². The number of hydrogen-bond acceptors (Lipinski definition) is 1. The fourth-order valence-corrected chi connectivity index (χ4v) is 3.96. The van der Waals surface area contributed by atoms with Crippen LogP contribution >= 0.6 is 0 Å². The number of nitrogens with zero attached hydrogens (tertiary/aromatic N) is 1. The van der Waals surface area contributed by atoms with E-state index < -0.39 is 0 Å². The first-order valence-electron chi connectivity index (χ1n) is 6.06. The molecule has 4 unspecified atom stereocenters. The predicted octanol–water partition coefficient (Wildman–Crippen LogP) is 3.77. The van der Waals surface area contributed by atoms with E-state index in [0.29, 0.717) is 11.3 Å². The van der Waals surface area contributed by atoms with Crippen LogP contribution in [0.3, 0.4) is 0 Å². The van der Waals surface area contributed by atoms with Gasteiger partial charge in [0.15, 0.2) is 0 Å². The molecule has 0 aromatic carbocycles. The van der Waals surface area contributed by atoms with Crippen molar-refractivity contribution in [2.75, 3.05) is 0 Å². The Balaban J connectivity index is 2.23. The Morgan fingerprint density at radius 2 is 2.07 bits per heavy atom. The Labute approximate surface area is 93.2 Å². The molecule has 2 aliphatic rings. The van der Waals surface area contributed by atoms with E-state index in [1.807, 2.05) is 0 Å². The van der Waals surface area contributed by atoms with Crippen LogP contribution in [-0.4, -0.2) is 0 Å². The van der Waals surface area contributed by atoms with Crippen LogP contribution in [0.2, 0.25) is 0 Å². The highest BCUT2D eigenvalue weighted by Crippen LogP contribution is 2.69. The average molecular weight is 203 g/mol. The van der Waals surface area contributed by atoms with Gasteiger partial charge in [0.05, 0.1) is 6.07 Å². The maximum absolute atomic E-state index is 8.76. The van der Waals surface area contributed by atoms with Crippen molar-refractivity contribution >= 4 is 0 Å². The lowest BCUT2D eigenvalue weighted by atomic mass is 9.76. The maximum atomic E-state index is 8.76. The number of allylic oxidation sites excluding steroid dienone is 2. The van der Waals surface area contributed by atoms with E-state index in [4.69, 9.17) is 5.26 Å². The molecule has 0 amide bonds. The summed E-state index contributed by atoms with van der Waals surface area (Å²) in [6.45, 7) is 9.28. The fourth-order valence-electron chi connectivity index (χ4n) is 3.96. The summed E-state index contributed by atoms with van der Waals surface area (Å²) in [6, 6.07) is 2.19. The van der Waals surface area contributed by atoms with Gasteiger partial charge in [-0.25, -0.2) is 0 Å². The Morgan fingerprint density at radius 1 is 1.40 bits per heavy atom. The zero-order valence-electron chi connectivity index (χ0n) is 10.2. The van der Waals surface area contributed by atoms with Crippen LogP contribution in [-0.2, 0) is 0 Å². The topological polar surface area (TPSA) is 23.8 Å². The first kappa shape index (κ1) is 10.7. The second-order valence-electron chi connectivity index (χ2n) is 6.05. The van der Waals surface area contributed by atoms with Gasteiger partial charge in [0.25, 0.3) is 0 Å². The zero-order chi connectivity index (χ0) is 11.2. The molecule has 2 fully saturated rings. The molecule has 0 aliphatic heterocycles. The summed E-state index contributed by atoms with van der Waals surface area (Å²) in [5, 5.41) is 8.76. The molecule has 0 aromatic rings.